The lowest BCUT2D eigenvalue weighted by Gasteiger charge is -2.33. The molecule has 236 valence electrons. The zero-order chi connectivity index (χ0) is 31.6. The number of nitrogens with one attached hydrogen (secondary N) is 5. The number of thiazole rings is 1. The SMILES string of the molecule is Cc1nc(C(=O)N[C@H]2C[C@H]3C(=O)N[C@@H](C)C(=O)N[C@H]4CCC[C@@H]4C(=O)N[C@H](C(C)C)C(=O)N[C@@H]([C@@H](C)O)C(=O)N3C2)cs1. The van der Waals surface area contributed by atoms with Gasteiger partial charge in [0.05, 0.1) is 17.0 Å². The number of rotatable bonds is 4. The molecule has 3 aliphatic rings. The molecule has 2 saturated heterocycles. The first-order chi connectivity index (χ1) is 20.3. The highest BCUT2D eigenvalue weighted by molar-refractivity contribution is 7.09. The van der Waals surface area contributed by atoms with E-state index < -0.39 is 83.7 Å². The lowest BCUT2D eigenvalue weighted by molar-refractivity contribution is -0.145. The second kappa shape index (κ2) is 13.4. The highest BCUT2D eigenvalue weighted by Crippen LogP contribution is 2.27. The average Bonchev–Trinajstić information content (AvgIpc) is 3.68. The smallest absolute Gasteiger partial charge is 0.271 e. The van der Waals surface area contributed by atoms with E-state index in [0.717, 1.165) is 0 Å². The maximum atomic E-state index is 13.9. The number of carbonyl (C=O) groups excluding carboxylic acids is 6. The summed E-state index contributed by atoms with van der Waals surface area (Å²) in [5, 5.41) is 26.6. The van der Waals surface area contributed by atoms with Gasteiger partial charge < -0.3 is 36.6 Å². The Hall–Kier alpha value is -3.59. The van der Waals surface area contributed by atoms with Crippen LogP contribution in [0.4, 0.5) is 0 Å². The van der Waals surface area contributed by atoms with Crippen LogP contribution in [0.25, 0.3) is 0 Å². The van der Waals surface area contributed by atoms with Crippen molar-refractivity contribution >= 4 is 46.8 Å². The first-order valence-corrected chi connectivity index (χ1v) is 15.6. The first-order valence-electron chi connectivity index (χ1n) is 14.7. The van der Waals surface area contributed by atoms with Crippen LogP contribution in [-0.4, -0.2) is 99.3 Å². The van der Waals surface area contributed by atoms with Gasteiger partial charge >= 0.3 is 0 Å². The van der Waals surface area contributed by atoms with Crippen LogP contribution in [0.5, 0.6) is 0 Å². The summed E-state index contributed by atoms with van der Waals surface area (Å²) in [6.07, 6.45) is 0.474. The predicted octanol–water partition coefficient (Wildman–Crippen LogP) is -1.04. The van der Waals surface area contributed by atoms with E-state index in [1.54, 1.807) is 26.2 Å². The van der Waals surface area contributed by atoms with Crippen LogP contribution in [-0.2, 0) is 24.0 Å². The maximum Gasteiger partial charge on any atom is 0.271 e. The third-order valence-electron chi connectivity index (χ3n) is 8.30. The summed E-state index contributed by atoms with van der Waals surface area (Å²) in [4.78, 5) is 85.4. The summed E-state index contributed by atoms with van der Waals surface area (Å²) >= 11 is 1.31. The van der Waals surface area contributed by atoms with Gasteiger partial charge in [0.25, 0.3) is 5.91 Å². The van der Waals surface area contributed by atoms with Crippen LogP contribution in [0.15, 0.2) is 5.38 Å². The zero-order valence-corrected chi connectivity index (χ0v) is 25.8. The van der Waals surface area contributed by atoms with E-state index >= 15 is 0 Å². The Bertz CT molecular complexity index is 1270. The van der Waals surface area contributed by atoms with Crippen LogP contribution in [0.2, 0.25) is 0 Å². The van der Waals surface area contributed by atoms with Gasteiger partial charge in [0.1, 0.15) is 29.9 Å². The average molecular weight is 620 g/mol. The quantitative estimate of drug-likeness (QED) is 0.246. The van der Waals surface area contributed by atoms with E-state index in [0.29, 0.717) is 24.3 Å². The van der Waals surface area contributed by atoms with Crippen molar-refractivity contribution in [3.8, 4) is 0 Å². The van der Waals surface area contributed by atoms with E-state index in [4.69, 9.17) is 0 Å². The molecule has 3 heterocycles. The molecule has 0 spiro atoms. The highest BCUT2D eigenvalue weighted by atomic mass is 32.1. The van der Waals surface area contributed by atoms with E-state index in [1.807, 2.05) is 0 Å². The molecular formula is C28H41N7O7S. The molecule has 6 N–H and O–H groups in total. The third kappa shape index (κ3) is 7.32. The molecule has 2 aliphatic heterocycles. The number of hydrogen-bond donors (Lipinski definition) is 6. The Morgan fingerprint density at radius 2 is 1.70 bits per heavy atom. The van der Waals surface area contributed by atoms with Crippen LogP contribution in [0.3, 0.4) is 0 Å². The molecule has 8 atom stereocenters. The van der Waals surface area contributed by atoms with Crippen molar-refractivity contribution in [1.82, 2.24) is 36.5 Å². The van der Waals surface area contributed by atoms with Gasteiger partial charge in [-0.2, -0.15) is 0 Å². The Balaban J connectivity index is 1.65. The van der Waals surface area contributed by atoms with E-state index in [2.05, 4.69) is 31.6 Å². The fourth-order valence-corrected chi connectivity index (χ4v) is 6.49. The minimum atomic E-state index is -1.44. The van der Waals surface area contributed by atoms with E-state index in [1.165, 1.54) is 30.1 Å². The number of aliphatic hydroxyl groups is 1. The molecule has 1 aromatic heterocycles. The molecule has 43 heavy (non-hydrogen) atoms. The topological polar surface area (TPSA) is 199 Å². The van der Waals surface area contributed by atoms with Crippen molar-refractivity contribution in [2.75, 3.05) is 6.54 Å². The Morgan fingerprint density at radius 3 is 2.33 bits per heavy atom. The van der Waals surface area contributed by atoms with Crippen LogP contribution in [0, 0.1) is 18.8 Å². The van der Waals surface area contributed by atoms with Crippen molar-refractivity contribution in [3.05, 3.63) is 16.1 Å². The van der Waals surface area contributed by atoms with Crippen LogP contribution >= 0.6 is 11.3 Å². The fraction of sp³-hybridized carbons (Fsp3) is 0.679. The molecule has 15 heteroatoms. The number of hydrogen-bond acceptors (Lipinski definition) is 9. The van der Waals surface area contributed by atoms with Gasteiger partial charge in [-0.25, -0.2) is 4.98 Å². The van der Waals surface area contributed by atoms with Crippen molar-refractivity contribution in [2.24, 2.45) is 11.8 Å². The van der Waals surface area contributed by atoms with Crippen molar-refractivity contribution in [2.45, 2.75) is 103 Å². The maximum absolute atomic E-state index is 13.9. The summed E-state index contributed by atoms with van der Waals surface area (Å²) in [6.45, 7) is 8.03. The summed E-state index contributed by atoms with van der Waals surface area (Å²) in [5.74, 6) is -4.29. The van der Waals surface area contributed by atoms with Gasteiger partial charge in [0.15, 0.2) is 0 Å². The normalized spacial score (nSPS) is 31.5. The Kier molecular flexibility index (Phi) is 10.1. The number of nitrogens with zero attached hydrogens (tertiary/aromatic N) is 2. The van der Waals surface area contributed by atoms with Crippen LogP contribution in [0.1, 0.15) is 68.9 Å². The van der Waals surface area contributed by atoms with Gasteiger partial charge in [0.2, 0.25) is 29.5 Å². The molecule has 6 amide bonds. The molecule has 3 fully saturated rings. The third-order valence-corrected chi connectivity index (χ3v) is 9.07. The van der Waals surface area contributed by atoms with Gasteiger partial charge in [0, 0.05) is 24.0 Å². The van der Waals surface area contributed by atoms with Crippen LogP contribution < -0.4 is 26.6 Å². The van der Waals surface area contributed by atoms with Crippen molar-refractivity contribution in [3.63, 3.8) is 0 Å². The number of carbonyl (C=O) groups is 6. The largest absolute Gasteiger partial charge is 0.391 e. The molecule has 0 aromatic carbocycles. The first kappa shape index (κ1) is 32.3. The summed E-state index contributed by atoms with van der Waals surface area (Å²) in [6, 6.07) is -5.66. The zero-order valence-electron chi connectivity index (χ0n) is 25.0. The Morgan fingerprint density at radius 1 is 1.00 bits per heavy atom. The highest BCUT2D eigenvalue weighted by Gasteiger charge is 2.45. The molecule has 1 aliphatic carbocycles. The van der Waals surface area contributed by atoms with Gasteiger partial charge in [-0.05, 0) is 46.0 Å². The standard InChI is InChI=1S/C28H41N7O7S/c1-12(2)21-27(41)34-22(14(4)36)28(42)35-10-16(31-25(39)19-11-43-15(5)30-19)9-20(35)26(40)29-13(3)23(37)32-18-8-6-7-17(18)24(38)33-21/h11-14,16-18,20-22,36H,6-10H2,1-5H3,(H,29,40)(H,31,39)(H,32,37)(H,33,38)(H,34,41)/t13-,14+,16-,17-,18-,20-,21+,22-/m0/s1. The summed E-state index contributed by atoms with van der Waals surface area (Å²) in [7, 11) is 0. The molecule has 14 nitrogen and oxygen atoms in total. The minimum Gasteiger partial charge on any atom is -0.391 e. The molecule has 4 rings (SSSR count). The molecule has 1 aromatic rings. The van der Waals surface area contributed by atoms with E-state index in [9.17, 15) is 33.9 Å². The number of amides is 6. The predicted molar refractivity (Wildman–Crippen MR) is 155 cm³/mol. The molecule has 0 bridgehead atoms. The fourth-order valence-electron chi connectivity index (χ4n) is 5.89. The lowest BCUT2D eigenvalue weighted by Crippen LogP contribution is -2.62. The summed E-state index contributed by atoms with van der Waals surface area (Å²) < 4.78 is 0. The molecule has 1 saturated carbocycles. The number of aliphatic hydroxyl groups excluding tert-OH is 1. The number of aryl methyl sites for hydroxylation is 1. The number of fused-ring (bicyclic) bond motifs is 2. The monoisotopic (exact) mass is 619 g/mol. The van der Waals surface area contributed by atoms with Crippen molar-refractivity contribution in [1.29, 1.82) is 0 Å². The second-order valence-electron chi connectivity index (χ2n) is 12.0. The molecular weight excluding hydrogens is 578 g/mol. The minimum absolute atomic E-state index is 0.0383. The Labute approximate surface area is 254 Å². The van der Waals surface area contributed by atoms with Gasteiger partial charge in [-0.15, -0.1) is 11.3 Å². The van der Waals surface area contributed by atoms with Crippen molar-refractivity contribution < 1.29 is 33.9 Å². The van der Waals surface area contributed by atoms with E-state index in [-0.39, 0.29) is 24.6 Å². The summed E-state index contributed by atoms with van der Waals surface area (Å²) in [5.41, 5.74) is 0.213. The lowest BCUT2D eigenvalue weighted by atomic mass is 9.98. The number of aromatic nitrogens is 1. The second-order valence-corrected chi connectivity index (χ2v) is 13.1. The molecule has 0 unspecified atom stereocenters. The van der Waals surface area contributed by atoms with Gasteiger partial charge in [-0.1, -0.05) is 20.3 Å². The van der Waals surface area contributed by atoms with Gasteiger partial charge in [-0.3, -0.25) is 28.8 Å². The molecule has 0 radical (unpaired) electrons.